The molecule has 2 heterocycles. The standard InChI is InChI=1S/C13H22N4O3S/c1-9-8-17(5-3-6-20-9)12(18)10-11(14)16-13(21-10)15-4-7-19-2/h9H,3-8,14H2,1-2H3,(H,15,16). The van der Waals surface area contributed by atoms with Crippen LogP contribution in [0.1, 0.15) is 23.0 Å². The van der Waals surface area contributed by atoms with Crippen LogP contribution in [0.25, 0.3) is 0 Å². The predicted octanol–water partition coefficient (Wildman–Crippen LogP) is 1.03. The van der Waals surface area contributed by atoms with Crippen molar-refractivity contribution in [1.82, 2.24) is 9.88 Å². The Morgan fingerprint density at radius 1 is 1.67 bits per heavy atom. The normalized spacial score (nSPS) is 19.3. The molecule has 1 aliphatic heterocycles. The summed E-state index contributed by atoms with van der Waals surface area (Å²) in [6.45, 7) is 5.14. The number of hydrogen-bond acceptors (Lipinski definition) is 7. The molecule has 2 rings (SSSR count). The van der Waals surface area contributed by atoms with Crippen LogP contribution in [0.4, 0.5) is 10.9 Å². The van der Waals surface area contributed by atoms with Crippen LogP contribution in [0.2, 0.25) is 0 Å². The molecule has 1 amide bonds. The SMILES string of the molecule is COCCNc1nc(N)c(C(=O)N2CCCOC(C)C2)s1. The number of thiazole rings is 1. The Kier molecular flexibility index (Phi) is 5.77. The second-order valence-electron chi connectivity index (χ2n) is 4.94. The molecule has 1 saturated heterocycles. The van der Waals surface area contributed by atoms with E-state index in [1.807, 2.05) is 6.92 Å². The van der Waals surface area contributed by atoms with E-state index >= 15 is 0 Å². The first kappa shape index (κ1) is 16.0. The first-order chi connectivity index (χ1) is 10.1. The van der Waals surface area contributed by atoms with Crippen molar-refractivity contribution in [3.8, 4) is 0 Å². The minimum Gasteiger partial charge on any atom is -0.383 e. The van der Waals surface area contributed by atoms with E-state index in [0.29, 0.717) is 42.9 Å². The molecule has 0 bridgehead atoms. The fraction of sp³-hybridized carbons (Fsp3) is 0.692. The number of nitrogen functional groups attached to an aromatic ring is 1. The van der Waals surface area contributed by atoms with Crippen LogP contribution in [-0.4, -0.2) is 61.9 Å². The molecule has 1 atom stereocenters. The zero-order valence-electron chi connectivity index (χ0n) is 12.4. The molecule has 0 aliphatic carbocycles. The second kappa shape index (κ2) is 7.58. The quantitative estimate of drug-likeness (QED) is 0.789. The van der Waals surface area contributed by atoms with E-state index in [1.165, 1.54) is 11.3 Å². The van der Waals surface area contributed by atoms with Gasteiger partial charge in [0.25, 0.3) is 5.91 Å². The van der Waals surface area contributed by atoms with Crippen molar-refractivity contribution in [3.05, 3.63) is 4.88 Å². The fourth-order valence-electron chi connectivity index (χ4n) is 2.14. The maximum atomic E-state index is 12.6. The van der Waals surface area contributed by atoms with Crippen LogP contribution >= 0.6 is 11.3 Å². The number of hydrogen-bond donors (Lipinski definition) is 2. The largest absolute Gasteiger partial charge is 0.383 e. The molecule has 1 unspecified atom stereocenters. The third-order valence-corrected chi connectivity index (χ3v) is 4.19. The molecular formula is C13H22N4O3S. The highest BCUT2D eigenvalue weighted by Crippen LogP contribution is 2.26. The van der Waals surface area contributed by atoms with Crippen LogP contribution in [0.3, 0.4) is 0 Å². The van der Waals surface area contributed by atoms with Crippen molar-refractivity contribution in [2.75, 3.05) is 51.0 Å². The van der Waals surface area contributed by atoms with Crippen LogP contribution in [0.5, 0.6) is 0 Å². The van der Waals surface area contributed by atoms with Crippen molar-refractivity contribution in [2.24, 2.45) is 0 Å². The summed E-state index contributed by atoms with van der Waals surface area (Å²) in [5.41, 5.74) is 5.88. The molecule has 21 heavy (non-hydrogen) atoms. The van der Waals surface area contributed by atoms with E-state index < -0.39 is 0 Å². The number of ether oxygens (including phenoxy) is 2. The Balaban J connectivity index is 2.04. The molecule has 3 N–H and O–H groups in total. The van der Waals surface area contributed by atoms with Gasteiger partial charge < -0.3 is 25.4 Å². The number of nitrogens with two attached hydrogens (primary N) is 1. The Morgan fingerprint density at radius 3 is 3.24 bits per heavy atom. The Bertz CT molecular complexity index is 480. The smallest absolute Gasteiger partial charge is 0.267 e. The van der Waals surface area contributed by atoms with Gasteiger partial charge in [0.1, 0.15) is 10.7 Å². The van der Waals surface area contributed by atoms with Gasteiger partial charge in [0.05, 0.1) is 12.7 Å². The lowest BCUT2D eigenvalue weighted by atomic mass is 10.3. The minimum atomic E-state index is -0.0675. The predicted molar refractivity (Wildman–Crippen MR) is 82.8 cm³/mol. The highest BCUT2D eigenvalue weighted by Gasteiger charge is 2.25. The molecule has 1 aromatic rings. The summed E-state index contributed by atoms with van der Waals surface area (Å²) >= 11 is 1.28. The average Bonchev–Trinajstić information content (AvgIpc) is 2.68. The Labute approximate surface area is 128 Å². The number of amides is 1. The zero-order valence-corrected chi connectivity index (χ0v) is 13.2. The van der Waals surface area contributed by atoms with Gasteiger partial charge in [-0.1, -0.05) is 11.3 Å². The average molecular weight is 314 g/mol. The summed E-state index contributed by atoms with van der Waals surface area (Å²) in [6, 6.07) is 0. The molecule has 118 valence electrons. The van der Waals surface area contributed by atoms with Crippen LogP contribution in [0.15, 0.2) is 0 Å². The lowest BCUT2D eigenvalue weighted by Crippen LogP contribution is -2.35. The maximum Gasteiger partial charge on any atom is 0.267 e. The molecular weight excluding hydrogens is 292 g/mol. The monoisotopic (exact) mass is 314 g/mol. The van der Waals surface area contributed by atoms with Gasteiger partial charge in [-0.05, 0) is 13.3 Å². The van der Waals surface area contributed by atoms with Crippen LogP contribution < -0.4 is 11.1 Å². The van der Waals surface area contributed by atoms with E-state index in [-0.39, 0.29) is 17.8 Å². The van der Waals surface area contributed by atoms with E-state index in [9.17, 15) is 4.79 Å². The van der Waals surface area contributed by atoms with Crippen molar-refractivity contribution in [1.29, 1.82) is 0 Å². The van der Waals surface area contributed by atoms with E-state index in [4.69, 9.17) is 15.2 Å². The highest BCUT2D eigenvalue weighted by molar-refractivity contribution is 7.18. The number of methoxy groups -OCH3 is 1. The van der Waals surface area contributed by atoms with Crippen molar-refractivity contribution >= 4 is 28.2 Å². The summed E-state index contributed by atoms with van der Waals surface area (Å²) in [7, 11) is 1.63. The summed E-state index contributed by atoms with van der Waals surface area (Å²) < 4.78 is 10.5. The van der Waals surface area contributed by atoms with Crippen LogP contribution in [-0.2, 0) is 9.47 Å². The number of carbonyl (C=O) groups excluding carboxylic acids is 1. The Morgan fingerprint density at radius 2 is 2.48 bits per heavy atom. The lowest BCUT2D eigenvalue weighted by molar-refractivity contribution is 0.0566. The van der Waals surface area contributed by atoms with Crippen LogP contribution in [0, 0.1) is 0 Å². The number of anilines is 2. The van der Waals surface area contributed by atoms with E-state index in [1.54, 1.807) is 12.0 Å². The van der Waals surface area contributed by atoms with Crippen molar-refractivity contribution in [2.45, 2.75) is 19.4 Å². The molecule has 1 aliphatic rings. The lowest BCUT2D eigenvalue weighted by Gasteiger charge is -2.21. The van der Waals surface area contributed by atoms with Gasteiger partial charge >= 0.3 is 0 Å². The Hall–Kier alpha value is -1.38. The van der Waals surface area contributed by atoms with E-state index in [0.717, 1.165) is 6.42 Å². The molecule has 0 spiro atoms. The first-order valence-corrected chi connectivity index (χ1v) is 7.83. The fourth-order valence-corrected chi connectivity index (χ4v) is 3.02. The minimum absolute atomic E-state index is 0.0462. The molecule has 1 aromatic heterocycles. The number of nitrogens with one attached hydrogen (secondary N) is 1. The first-order valence-electron chi connectivity index (χ1n) is 7.01. The number of rotatable bonds is 5. The third kappa shape index (κ3) is 4.29. The summed E-state index contributed by atoms with van der Waals surface area (Å²) in [4.78, 5) is 19.0. The number of nitrogens with zero attached hydrogens (tertiary/aromatic N) is 2. The zero-order chi connectivity index (χ0) is 15.2. The topological polar surface area (TPSA) is 89.7 Å². The summed E-state index contributed by atoms with van der Waals surface area (Å²) in [5, 5.41) is 3.74. The van der Waals surface area contributed by atoms with Crippen molar-refractivity contribution in [3.63, 3.8) is 0 Å². The molecule has 1 fully saturated rings. The third-order valence-electron chi connectivity index (χ3n) is 3.17. The summed E-state index contributed by atoms with van der Waals surface area (Å²) in [5.74, 6) is 0.213. The molecule has 0 radical (unpaired) electrons. The highest BCUT2D eigenvalue weighted by atomic mass is 32.1. The number of carbonyl (C=O) groups is 1. The van der Waals surface area contributed by atoms with Gasteiger partial charge in [0, 0.05) is 33.4 Å². The molecule has 7 nitrogen and oxygen atoms in total. The van der Waals surface area contributed by atoms with Gasteiger partial charge in [-0.3, -0.25) is 4.79 Å². The number of aromatic nitrogens is 1. The van der Waals surface area contributed by atoms with Gasteiger partial charge in [-0.2, -0.15) is 0 Å². The summed E-state index contributed by atoms with van der Waals surface area (Å²) in [6.07, 6.45) is 0.887. The molecule has 8 heteroatoms. The second-order valence-corrected chi connectivity index (χ2v) is 5.94. The molecule has 0 saturated carbocycles. The van der Waals surface area contributed by atoms with Gasteiger partial charge in [0.2, 0.25) is 0 Å². The van der Waals surface area contributed by atoms with Crippen molar-refractivity contribution < 1.29 is 14.3 Å². The van der Waals surface area contributed by atoms with Gasteiger partial charge in [-0.25, -0.2) is 4.98 Å². The van der Waals surface area contributed by atoms with Gasteiger partial charge in [-0.15, -0.1) is 0 Å². The maximum absolute atomic E-state index is 12.6. The molecule has 0 aromatic carbocycles. The van der Waals surface area contributed by atoms with Gasteiger partial charge in [0.15, 0.2) is 5.13 Å². The van der Waals surface area contributed by atoms with E-state index in [2.05, 4.69) is 10.3 Å².